The molecule has 5 heteroatoms. The van der Waals surface area contributed by atoms with Crippen LogP contribution in [0, 0.1) is 0 Å². The summed E-state index contributed by atoms with van der Waals surface area (Å²) in [5, 5.41) is 4.91. The highest BCUT2D eigenvalue weighted by Crippen LogP contribution is 2.22. The number of carbonyl (C=O) groups excluding carboxylic acids is 2. The van der Waals surface area contributed by atoms with Crippen molar-refractivity contribution in [3.63, 3.8) is 0 Å². The van der Waals surface area contributed by atoms with Crippen molar-refractivity contribution in [1.29, 1.82) is 0 Å². The van der Waals surface area contributed by atoms with Crippen LogP contribution in [0.2, 0.25) is 0 Å². The third-order valence-corrected chi connectivity index (χ3v) is 4.19. The summed E-state index contributed by atoms with van der Waals surface area (Å²) < 4.78 is 10.2. The molecule has 0 saturated heterocycles. The molecular weight excluding hydrogens is 330 g/mol. The van der Waals surface area contributed by atoms with Crippen LogP contribution in [0.1, 0.15) is 32.8 Å². The van der Waals surface area contributed by atoms with Gasteiger partial charge in [-0.05, 0) is 60.9 Å². The molecule has 0 aromatic heterocycles. The lowest BCUT2D eigenvalue weighted by molar-refractivity contribution is -0.144. The van der Waals surface area contributed by atoms with Crippen LogP contribution in [0.4, 0.5) is 0 Å². The van der Waals surface area contributed by atoms with Gasteiger partial charge in [0.15, 0.2) is 6.61 Å². The highest BCUT2D eigenvalue weighted by atomic mass is 16.5. The summed E-state index contributed by atoms with van der Waals surface area (Å²) in [5.41, 5.74) is 0.559. The molecule has 2 aromatic carbocycles. The van der Waals surface area contributed by atoms with Crippen LogP contribution in [0.15, 0.2) is 42.5 Å². The summed E-state index contributed by atoms with van der Waals surface area (Å²) in [6, 6.07) is 11.6. The Morgan fingerprint density at radius 3 is 2.50 bits per heavy atom. The maximum absolute atomic E-state index is 11.8. The van der Waals surface area contributed by atoms with E-state index in [1.807, 2.05) is 57.2 Å². The number of esters is 1. The van der Waals surface area contributed by atoms with Gasteiger partial charge < -0.3 is 14.8 Å². The largest absolute Gasteiger partial charge is 0.497 e. The number of methoxy groups -OCH3 is 1. The van der Waals surface area contributed by atoms with Crippen LogP contribution < -0.4 is 10.1 Å². The highest BCUT2D eigenvalue weighted by Gasteiger charge is 2.18. The molecule has 0 bridgehead atoms. The van der Waals surface area contributed by atoms with Crippen molar-refractivity contribution in [2.75, 3.05) is 13.7 Å². The molecule has 0 radical (unpaired) electrons. The van der Waals surface area contributed by atoms with Crippen LogP contribution in [0.3, 0.4) is 0 Å². The molecule has 0 aliphatic rings. The number of nitrogens with one attached hydrogen (secondary N) is 1. The normalized spacial score (nSPS) is 11.5. The van der Waals surface area contributed by atoms with Crippen molar-refractivity contribution in [2.24, 2.45) is 0 Å². The van der Waals surface area contributed by atoms with E-state index < -0.39 is 5.97 Å². The zero-order chi connectivity index (χ0) is 19.2. The van der Waals surface area contributed by atoms with Crippen LogP contribution in [0.5, 0.6) is 5.75 Å². The molecule has 0 unspecified atom stereocenters. The second-order valence-corrected chi connectivity index (χ2v) is 6.70. The number of amides is 1. The van der Waals surface area contributed by atoms with Gasteiger partial charge in [-0.15, -0.1) is 0 Å². The number of hydrogen-bond acceptors (Lipinski definition) is 4. The number of fused-ring (bicyclic) bond motifs is 1. The van der Waals surface area contributed by atoms with Gasteiger partial charge in [0.05, 0.1) is 7.11 Å². The summed E-state index contributed by atoms with van der Waals surface area (Å²) >= 11 is 0. The van der Waals surface area contributed by atoms with E-state index >= 15 is 0 Å². The quantitative estimate of drug-likeness (QED) is 0.607. The fourth-order valence-corrected chi connectivity index (χ4v) is 2.32. The number of hydrogen-bond donors (Lipinski definition) is 1. The second kappa shape index (κ2) is 8.52. The second-order valence-electron chi connectivity index (χ2n) is 6.70. The maximum Gasteiger partial charge on any atom is 0.331 e. The van der Waals surface area contributed by atoms with Crippen molar-refractivity contribution in [3.05, 3.63) is 48.0 Å². The maximum atomic E-state index is 11.8. The summed E-state index contributed by atoms with van der Waals surface area (Å²) in [7, 11) is 1.63. The lowest BCUT2D eigenvalue weighted by Gasteiger charge is -2.24. The predicted octanol–water partition coefficient (Wildman–Crippen LogP) is 3.71. The van der Waals surface area contributed by atoms with Crippen LogP contribution in [-0.4, -0.2) is 31.1 Å². The van der Waals surface area contributed by atoms with E-state index in [4.69, 9.17) is 9.47 Å². The van der Waals surface area contributed by atoms with Gasteiger partial charge in [-0.25, -0.2) is 4.79 Å². The minimum absolute atomic E-state index is 0.288. The molecule has 0 heterocycles. The summed E-state index contributed by atoms with van der Waals surface area (Å²) in [4.78, 5) is 23.6. The lowest BCUT2D eigenvalue weighted by Crippen LogP contribution is -2.44. The summed E-state index contributed by atoms with van der Waals surface area (Å²) in [5.74, 6) is -0.0589. The molecular formula is C21H25NO4. The van der Waals surface area contributed by atoms with E-state index in [2.05, 4.69) is 5.32 Å². The van der Waals surface area contributed by atoms with E-state index in [1.165, 1.54) is 6.08 Å². The predicted molar refractivity (Wildman–Crippen MR) is 103 cm³/mol. The Morgan fingerprint density at radius 1 is 1.12 bits per heavy atom. The molecule has 0 aliphatic heterocycles. The first kappa shape index (κ1) is 19.5. The van der Waals surface area contributed by atoms with Crippen molar-refractivity contribution in [2.45, 2.75) is 32.7 Å². The molecule has 26 heavy (non-hydrogen) atoms. The van der Waals surface area contributed by atoms with Crippen LogP contribution >= 0.6 is 0 Å². The molecule has 2 aromatic rings. The average Bonchev–Trinajstić information content (AvgIpc) is 2.63. The molecule has 5 nitrogen and oxygen atoms in total. The third-order valence-electron chi connectivity index (χ3n) is 4.19. The minimum atomic E-state index is -0.552. The number of rotatable bonds is 7. The first-order chi connectivity index (χ1) is 12.3. The Balaban J connectivity index is 1.93. The van der Waals surface area contributed by atoms with Crippen LogP contribution in [-0.2, 0) is 14.3 Å². The SMILES string of the molecule is CCC(C)(C)NC(=O)COC(=O)/C=C/c1ccc2cc(OC)ccc2c1. The van der Waals surface area contributed by atoms with Crippen LogP contribution in [0.25, 0.3) is 16.8 Å². The van der Waals surface area contributed by atoms with Gasteiger partial charge in [-0.1, -0.05) is 25.1 Å². The highest BCUT2D eigenvalue weighted by molar-refractivity contribution is 5.91. The molecule has 138 valence electrons. The standard InChI is InChI=1S/C21H25NO4/c1-5-21(2,3)22-19(23)14-26-20(24)11-7-15-6-8-17-13-18(25-4)10-9-16(17)12-15/h6-13H,5,14H2,1-4H3,(H,22,23)/b11-7+. The molecule has 1 N–H and O–H groups in total. The number of benzene rings is 2. The van der Waals surface area contributed by atoms with Gasteiger partial charge >= 0.3 is 5.97 Å². The Kier molecular flexibility index (Phi) is 6.39. The number of carbonyl (C=O) groups is 2. The lowest BCUT2D eigenvalue weighted by atomic mass is 10.0. The van der Waals surface area contributed by atoms with E-state index in [0.717, 1.165) is 28.5 Å². The minimum Gasteiger partial charge on any atom is -0.497 e. The van der Waals surface area contributed by atoms with Crippen molar-refractivity contribution in [1.82, 2.24) is 5.32 Å². The van der Waals surface area contributed by atoms with Crippen molar-refractivity contribution >= 4 is 28.7 Å². The Labute approximate surface area is 154 Å². The van der Waals surface area contributed by atoms with Gasteiger partial charge in [0.2, 0.25) is 0 Å². The van der Waals surface area contributed by atoms with Gasteiger partial charge in [0.1, 0.15) is 5.75 Å². The first-order valence-corrected chi connectivity index (χ1v) is 8.56. The number of ether oxygens (including phenoxy) is 2. The molecule has 1 amide bonds. The first-order valence-electron chi connectivity index (χ1n) is 8.56. The zero-order valence-electron chi connectivity index (χ0n) is 15.7. The monoisotopic (exact) mass is 355 g/mol. The Bertz CT molecular complexity index is 824. The fraction of sp³-hybridized carbons (Fsp3) is 0.333. The molecule has 0 aliphatic carbocycles. The van der Waals surface area contributed by atoms with E-state index in [-0.39, 0.29) is 18.1 Å². The van der Waals surface area contributed by atoms with Crippen molar-refractivity contribution in [3.8, 4) is 5.75 Å². The van der Waals surface area contributed by atoms with Gasteiger partial charge in [-0.2, -0.15) is 0 Å². The zero-order valence-corrected chi connectivity index (χ0v) is 15.7. The van der Waals surface area contributed by atoms with E-state index in [1.54, 1.807) is 13.2 Å². The Morgan fingerprint density at radius 2 is 1.81 bits per heavy atom. The molecule has 0 spiro atoms. The smallest absolute Gasteiger partial charge is 0.331 e. The molecule has 2 rings (SSSR count). The Hall–Kier alpha value is -2.82. The van der Waals surface area contributed by atoms with Crippen molar-refractivity contribution < 1.29 is 19.1 Å². The third kappa shape index (κ3) is 5.62. The van der Waals surface area contributed by atoms with Gasteiger partial charge in [-0.3, -0.25) is 4.79 Å². The van der Waals surface area contributed by atoms with Gasteiger partial charge in [0.25, 0.3) is 5.91 Å². The molecule has 0 atom stereocenters. The summed E-state index contributed by atoms with van der Waals surface area (Å²) in [6.07, 6.45) is 3.78. The topological polar surface area (TPSA) is 64.6 Å². The molecule has 0 fully saturated rings. The van der Waals surface area contributed by atoms with E-state index in [9.17, 15) is 9.59 Å². The van der Waals surface area contributed by atoms with Gasteiger partial charge in [0, 0.05) is 11.6 Å². The molecule has 0 saturated carbocycles. The average molecular weight is 355 g/mol. The van der Waals surface area contributed by atoms with E-state index in [0.29, 0.717) is 0 Å². The fourth-order valence-electron chi connectivity index (χ4n) is 2.32. The summed E-state index contributed by atoms with van der Waals surface area (Å²) in [6.45, 7) is 5.53.